The van der Waals surface area contributed by atoms with Crippen molar-refractivity contribution >= 4 is 21.8 Å². The summed E-state index contributed by atoms with van der Waals surface area (Å²) < 4.78 is 1.03. The summed E-state index contributed by atoms with van der Waals surface area (Å²) in [6.07, 6.45) is 3.86. The van der Waals surface area contributed by atoms with E-state index in [9.17, 15) is 4.79 Å². The molecular weight excluding hydrogens is 292 g/mol. The number of hydrogen-bond acceptors (Lipinski definition) is 2. The molecule has 4 heteroatoms. The van der Waals surface area contributed by atoms with Crippen LogP contribution in [-0.2, 0) is 11.3 Å². The van der Waals surface area contributed by atoms with Gasteiger partial charge in [-0.1, -0.05) is 40.5 Å². The number of carbonyl (C=O) groups excluding carboxylic acids is 1. The lowest BCUT2D eigenvalue weighted by molar-refractivity contribution is -0.122. The molecule has 1 aromatic rings. The molecule has 0 radical (unpaired) electrons. The van der Waals surface area contributed by atoms with Crippen LogP contribution in [0.1, 0.15) is 31.2 Å². The van der Waals surface area contributed by atoms with Gasteiger partial charge in [-0.05, 0) is 30.4 Å². The molecule has 1 saturated carbocycles. The fourth-order valence-electron chi connectivity index (χ4n) is 2.46. The molecule has 0 spiro atoms. The maximum absolute atomic E-state index is 11.8. The Labute approximate surface area is 116 Å². The van der Waals surface area contributed by atoms with Crippen LogP contribution in [0.5, 0.6) is 0 Å². The van der Waals surface area contributed by atoms with Crippen LogP contribution in [0, 0.1) is 5.92 Å². The third kappa shape index (κ3) is 3.56. The van der Waals surface area contributed by atoms with Crippen molar-refractivity contribution < 1.29 is 4.79 Å². The molecule has 0 aromatic heterocycles. The van der Waals surface area contributed by atoms with Gasteiger partial charge in [-0.3, -0.25) is 4.79 Å². The minimum atomic E-state index is 0.105. The number of carbonyl (C=O) groups is 1. The lowest BCUT2D eigenvalue weighted by Gasteiger charge is -2.15. The van der Waals surface area contributed by atoms with Gasteiger partial charge < -0.3 is 11.1 Å². The summed E-state index contributed by atoms with van der Waals surface area (Å²) in [5.41, 5.74) is 7.07. The highest BCUT2D eigenvalue weighted by Crippen LogP contribution is 2.26. The standard InChI is InChI=1S/C14H19BrN2O/c15-12-6-2-1-4-11(12)9-17-14(18)8-10-5-3-7-13(10)16/h1-2,4,6,10,13H,3,5,7-9,16H2,(H,17,18)/t10-,13+/m0/s1. The van der Waals surface area contributed by atoms with Gasteiger partial charge in [-0.2, -0.15) is 0 Å². The van der Waals surface area contributed by atoms with Crippen molar-refractivity contribution in [1.29, 1.82) is 0 Å². The minimum absolute atomic E-state index is 0.105. The minimum Gasteiger partial charge on any atom is -0.352 e. The van der Waals surface area contributed by atoms with Gasteiger partial charge >= 0.3 is 0 Å². The molecule has 1 aliphatic carbocycles. The summed E-state index contributed by atoms with van der Waals surface area (Å²) in [5.74, 6) is 0.470. The zero-order valence-electron chi connectivity index (χ0n) is 10.4. The Balaban J connectivity index is 1.80. The highest BCUT2D eigenvalue weighted by molar-refractivity contribution is 9.10. The topological polar surface area (TPSA) is 55.1 Å². The van der Waals surface area contributed by atoms with Gasteiger partial charge in [0.05, 0.1) is 0 Å². The SMILES string of the molecule is N[C@@H]1CCC[C@H]1CC(=O)NCc1ccccc1Br. The third-order valence-corrected chi connectivity index (χ3v) is 4.37. The summed E-state index contributed by atoms with van der Waals surface area (Å²) in [5, 5.41) is 2.96. The quantitative estimate of drug-likeness (QED) is 0.898. The molecule has 2 atom stereocenters. The number of nitrogens with two attached hydrogens (primary N) is 1. The van der Waals surface area contributed by atoms with Crippen molar-refractivity contribution in [3.63, 3.8) is 0 Å². The van der Waals surface area contributed by atoms with Crippen LogP contribution in [-0.4, -0.2) is 11.9 Å². The Morgan fingerprint density at radius 3 is 2.83 bits per heavy atom. The molecule has 98 valence electrons. The Morgan fingerprint density at radius 1 is 1.39 bits per heavy atom. The summed E-state index contributed by atoms with van der Waals surface area (Å²) in [7, 11) is 0. The lowest BCUT2D eigenvalue weighted by Crippen LogP contribution is -2.31. The highest BCUT2D eigenvalue weighted by Gasteiger charge is 2.25. The molecule has 3 nitrogen and oxygen atoms in total. The number of nitrogens with one attached hydrogen (secondary N) is 1. The third-order valence-electron chi connectivity index (χ3n) is 3.60. The number of benzene rings is 1. The average molecular weight is 311 g/mol. The number of halogens is 1. The number of hydrogen-bond donors (Lipinski definition) is 2. The van der Waals surface area contributed by atoms with E-state index in [4.69, 9.17) is 5.73 Å². The van der Waals surface area contributed by atoms with Gasteiger partial charge in [0.2, 0.25) is 5.91 Å². The van der Waals surface area contributed by atoms with Crippen LogP contribution in [0.3, 0.4) is 0 Å². The molecule has 1 amide bonds. The van der Waals surface area contributed by atoms with Crippen LogP contribution >= 0.6 is 15.9 Å². The van der Waals surface area contributed by atoms with E-state index in [1.54, 1.807) is 0 Å². The molecule has 0 bridgehead atoms. The molecule has 3 N–H and O–H groups in total. The molecule has 18 heavy (non-hydrogen) atoms. The van der Waals surface area contributed by atoms with Crippen molar-refractivity contribution in [2.75, 3.05) is 0 Å². The second-order valence-electron chi connectivity index (χ2n) is 4.93. The number of rotatable bonds is 4. The molecule has 1 aliphatic rings. The van der Waals surface area contributed by atoms with Crippen LogP contribution < -0.4 is 11.1 Å². The Morgan fingerprint density at radius 2 is 2.17 bits per heavy atom. The van der Waals surface area contributed by atoms with Gasteiger partial charge in [-0.15, -0.1) is 0 Å². The first kappa shape index (κ1) is 13.6. The van der Waals surface area contributed by atoms with Crippen molar-refractivity contribution in [2.45, 2.75) is 38.3 Å². The van der Waals surface area contributed by atoms with Gasteiger partial charge in [0.1, 0.15) is 0 Å². The predicted octanol–water partition coefficient (Wildman–Crippen LogP) is 2.58. The van der Waals surface area contributed by atoms with E-state index >= 15 is 0 Å². The molecule has 0 aliphatic heterocycles. The summed E-state index contributed by atoms with van der Waals surface area (Å²) in [4.78, 5) is 11.8. The van der Waals surface area contributed by atoms with Crippen LogP contribution in [0.4, 0.5) is 0 Å². The fraction of sp³-hybridized carbons (Fsp3) is 0.500. The summed E-state index contributed by atoms with van der Waals surface area (Å²) in [6.45, 7) is 0.572. The van der Waals surface area contributed by atoms with Gasteiger partial charge in [-0.25, -0.2) is 0 Å². The molecule has 0 unspecified atom stereocenters. The Hall–Kier alpha value is -0.870. The maximum Gasteiger partial charge on any atom is 0.220 e. The summed E-state index contributed by atoms with van der Waals surface area (Å²) in [6, 6.07) is 8.13. The van der Waals surface area contributed by atoms with Gasteiger partial charge in [0.15, 0.2) is 0 Å². The molecule has 2 rings (SSSR count). The van der Waals surface area contributed by atoms with E-state index < -0.39 is 0 Å². The smallest absolute Gasteiger partial charge is 0.220 e. The monoisotopic (exact) mass is 310 g/mol. The molecule has 1 fully saturated rings. The van der Waals surface area contributed by atoms with E-state index in [1.165, 1.54) is 0 Å². The predicted molar refractivity (Wildman–Crippen MR) is 75.9 cm³/mol. The van der Waals surface area contributed by atoms with E-state index in [0.717, 1.165) is 29.3 Å². The first-order valence-electron chi connectivity index (χ1n) is 6.42. The number of amides is 1. The maximum atomic E-state index is 11.8. The van der Waals surface area contributed by atoms with E-state index in [0.29, 0.717) is 18.9 Å². The zero-order valence-corrected chi connectivity index (χ0v) is 11.9. The fourth-order valence-corrected chi connectivity index (χ4v) is 2.89. The van der Waals surface area contributed by atoms with Crippen LogP contribution in [0.2, 0.25) is 0 Å². The first-order chi connectivity index (χ1) is 8.66. The molecule has 0 heterocycles. The summed E-state index contributed by atoms with van der Waals surface area (Å²) >= 11 is 3.47. The second kappa shape index (κ2) is 6.34. The van der Waals surface area contributed by atoms with E-state index in [1.807, 2.05) is 24.3 Å². The average Bonchev–Trinajstić information content (AvgIpc) is 2.74. The Bertz CT molecular complexity index is 422. The van der Waals surface area contributed by atoms with Crippen LogP contribution in [0.15, 0.2) is 28.7 Å². The Kier molecular flexibility index (Phi) is 4.78. The second-order valence-corrected chi connectivity index (χ2v) is 5.78. The zero-order chi connectivity index (χ0) is 13.0. The normalized spacial score (nSPS) is 23.0. The molecular formula is C14H19BrN2O. The van der Waals surface area contributed by atoms with Crippen LogP contribution in [0.25, 0.3) is 0 Å². The van der Waals surface area contributed by atoms with E-state index in [-0.39, 0.29) is 11.9 Å². The van der Waals surface area contributed by atoms with Gasteiger partial charge in [0, 0.05) is 23.5 Å². The highest BCUT2D eigenvalue weighted by atomic mass is 79.9. The molecule has 1 aromatic carbocycles. The largest absolute Gasteiger partial charge is 0.352 e. The first-order valence-corrected chi connectivity index (χ1v) is 7.22. The molecule has 0 saturated heterocycles. The van der Waals surface area contributed by atoms with Crippen molar-refractivity contribution in [2.24, 2.45) is 11.7 Å². The van der Waals surface area contributed by atoms with Crippen molar-refractivity contribution in [3.05, 3.63) is 34.3 Å². The van der Waals surface area contributed by atoms with Crippen molar-refractivity contribution in [1.82, 2.24) is 5.32 Å². The van der Waals surface area contributed by atoms with Crippen molar-refractivity contribution in [3.8, 4) is 0 Å². The lowest BCUT2D eigenvalue weighted by atomic mass is 10.00. The van der Waals surface area contributed by atoms with Gasteiger partial charge in [0.25, 0.3) is 0 Å². The van der Waals surface area contributed by atoms with E-state index in [2.05, 4.69) is 21.2 Å².